The van der Waals surface area contributed by atoms with Crippen LogP contribution in [0.15, 0.2) is 18.3 Å². The van der Waals surface area contributed by atoms with Crippen LogP contribution in [0.3, 0.4) is 0 Å². The Hall–Kier alpha value is -1.48. The van der Waals surface area contributed by atoms with Crippen LogP contribution in [0.2, 0.25) is 0 Å². The Labute approximate surface area is 112 Å². The van der Waals surface area contributed by atoms with Gasteiger partial charge in [-0.1, -0.05) is 6.07 Å². The van der Waals surface area contributed by atoms with Gasteiger partial charge in [-0.05, 0) is 31.0 Å². The van der Waals surface area contributed by atoms with Crippen LogP contribution in [-0.4, -0.2) is 23.0 Å². The molecule has 0 fully saturated rings. The number of aromatic nitrogens is 2. The van der Waals surface area contributed by atoms with Gasteiger partial charge in [-0.3, -0.25) is 0 Å². The van der Waals surface area contributed by atoms with Gasteiger partial charge in [0.05, 0.1) is 19.0 Å². The largest absolute Gasteiger partial charge is 0.496 e. The van der Waals surface area contributed by atoms with Crippen molar-refractivity contribution in [1.29, 1.82) is 0 Å². The van der Waals surface area contributed by atoms with Crippen LogP contribution in [0.4, 0.5) is 0 Å². The lowest BCUT2D eigenvalue weighted by Crippen LogP contribution is -1.93. The van der Waals surface area contributed by atoms with Crippen LogP contribution >= 0.6 is 11.6 Å². The molecule has 1 heterocycles. The van der Waals surface area contributed by atoms with E-state index in [9.17, 15) is 0 Å². The number of H-pyrrole nitrogens is 1. The first-order chi connectivity index (χ1) is 8.65. The van der Waals surface area contributed by atoms with E-state index in [0.29, 0.717) is 5.88 Å². The molecule has 1 N–H and O–H groups in total. The van der Waals surface area contributed by atoms with Gasteiger partial charge in [-0.15, -0.1) is 11.6 Å². The molecule has 0 aliphatic rings. The summed E-state index contributed by atoms with van der Waals surface area (Å²) in [5.74, 6) is 2.34. The minimum atomic E-state index is 0.566. The SMILES string of the molecule is COc1cc(C)cc(C)c1-c1cnc(CCCl)[nH]1. The first-order valence-electron chi connectivity index (χ1n) is 5.91. The summed E-state index contributed by atoms with van der Waals surface area (Å²) in [6, 6.07) is 4.17. The number of hydrogen-bond acceptors (Lipinski definition) is 2. The minimum Gasteiger partial charge on any atom is -0.496 e. The molecule has 0 bridgehead atoms. The molecule has 0 spiro atoms. The van der Waals surface area contributed by atoms with Gasteiger partial charge in [0.1, 0.15) is 11.6 Å². The van der Waals surface area contributed by atoms with Gasteiger partial charge in [0.25, 0.3) is 0 Å². The number of halogens is 1. The molecule has 0 atom stereocenters. The summed E-state index contributed by atoms with van der Waals surface area (Å²) in [4.78, 5) is 7.62. The number of nitrogens with zero attached hydrogens (tertiary/aromatic N) is 1. The average molecular weight is 265 g/mol. The van der Waals surface area contributed by atoms with Crippen LogP contribution in [0.25, 0.3) is 11.3 Å². The van der Waals surface area contributed by atoms with Crippen molar-refractivity contribution < 1.29 is 4.74 Å². The van der Waals surface area contributed by atoms with E-state index in [1.54, 1.807) is 7.11 Å². The maximum absolute atomic E-state index is 5.72. The van der Waals surface area contributed by atoms with Crippen LogP contribution < -0.4 is 4.74 Å². The van der Waals surface area contributed by atoms with Crippen molar-refractivity contribution >= 4 is 11.6 Å². The Morgan fingerprint density at radius 3 is 2.78 bits per heavy atom. The van der Waals surface area contributed by atoms with Crippen molar-refractivity contribution in [2.75, 3.05) is 13.0 Å². The fraction of sp³-hybridized carbons (Fsp3) is 0.357. The van der Waals surface area contributed by atoms with Crippen molar-refractivity contribution in [1.82, 2.24) is 9.97 Å². The standard InChI is InChI=1S/C14H17ClN2O/c1-9-6-10(2)14(12(7-9)18-3)11-8-16-13(17-11)4-5-15/h6-8H,4-5H2,1-3H3,(H,16,17). The van der Waals surface area contributed by atoms with Gasteiger partial charge in [-0.25, -0.2) is 4.98 Å². The zero-order chi connectivity index (χ0) is 13.1. The molecule has 96 valence electrons. The highest BCUT2D eigenvalue weighted by atomic mass is 35.5. The number of hydrogen-bond donors (Lipinski definition) is 1. The fourth-order valence-corrected chi connectivity index (χ4v) is 2.32. The lowest BCUT2D eigenvalue weighted by molar-refractivity contribution is 0.415. The van der Waals surface area contributed by atoms with E-state index >= 15 is 0 Å². The Morgan fingerprint density at radius 2 is 2.11 bits per heavy atom. The maximum Gasteiger partial charge on any atom is 0.128 e. The highest BCUT2D eigenvalue weighted by Crippen LogP contribution is 2.33. The third kappa shape index (κ3) is 2.51. The second kappa shape index (κ2) is 5.44. The number of aromatic amines is 1. The van der Waals surface area contributed by atoms with E-state index in [1.807, 2.05) is 12.3 Å². The number of benzene rings is 1. The minimum absolute atomic E-state index is 0.566. The van der Waals surface area contributed by atoms with E-state index in [1.165, 1.54) is 11.1 Å². The second-order valence-corrected chi connectivity index (χ2v) is 4.72. The van der Waals surface area contributed by atoms with Crippen LogP contribution in [0.5, 0.6) is 5.75 Å². The number of alkyl halides is 1. The predicted octanol–water partition coefficient (Wildman–Crippen LogP) is 3.48. The molecule has 0 saturated heterocycles. The molecule has 0 aliphatic heterocycles. The molecular weight excluding hydrogens is 248 g/mol. The van der Waals surface area contributed by atoms with E-state index < -0.39 is 0 Å². The van der Waals surface area contributed by atoms with Gasteiger partial charge in [0, 0.05) is 17.9 Å². The summed E-state index contributed by atoms with van der Waals surface area (Å²) in [5, 5.41) is 0. The Kier molecular flexibility index (Phi) is 3.92. The molecule has 4 heteroatoms. The molecule has 18 heavy (non-hydrogen) atoms. The lowest BCUT2D eigenvalue weighted by atomic mass is 10.0. The van der Waals surface area contributed by atoms with Crippen molar-refractivity contribution in [3.8, 4) is 17.0 Å². The first-order valence-corrected chi connectivity index (χ1v) is 6.44. The Bertz CT molecular complexity index is 549. The van der Waals surface area contributed by atoms with E-state index in [4.69, 9.17) is 16.3 Å². The highest BCUT2D eigenvalue weighted by Gasteiger charge is 2.12. The van der Waals surface area contributed by atoms with Gasteiger partial charge in [-0.2, -0.15) is 0 Å². The number of ether oxygens (including phenoxy) is 1. The summed E-state index contributed by atoms with van der Waals surface area (Å²) in [6.07, 6.45) is 2.58. The van der Waals surface area contributed by atoms with Gasteiger partial charge in [0.15, 0.2) is 0 Å². The zero-order valence-electron chi connectivity index (χ0n) is 10.9. The van der Waals surface area contributed by atoms with Crippen LogP contribution in [0.1, 0.15) is 17.0 Å². The summed E-state index contributed by atoms with van der Waals surface area (Å²) >= 11 is 5.72. The summed E-state index contributed by atoms with van der Waals surface area (Å²) < 4.78 is 5.46. The third-order valence-electron chi connectivity index (χ3n) is 2.89. The van der Waals surface area contributed by atoms with Crippen LogP contribution in [-0.2, 0) is 6.42 Å². The molecule has 0 radical (unpaired) electrons. The van der Waals surface area contributed by atoms with Gasteiger partial charge >= 0.3 is 0 Å². The second-order valence-electron chi connectivity index (χ2n) is 4.34. The normalized spacial score (nSPS) is 10.7. The van der Waals surface area contributed by atoms with Crippen molar-refractivity contribution in [3.63, 3.8) is 0 Å². The average Bonchev–Trinajstić information content (AvgIpc) is 2.76. The van der Waals surface area contributed by atoms with Gasteiger partial charge in [0.2, 0.25) is 0 Å². The molecular formula is C14H17ClN2O. The van der Waals surface area contributed by atoms with Crippen molar-refractivity contribution in [2.24, 2.45) is 0 Å². The molecule has 1 aromatic heterocycles. The molecule has 2 aromatic rings. The third-order valence-corrected chi connectivity index (χ3v) is 3.08. The molecule has 2 rings (SSSR count). The summed E-state index contributed by atoms with van der Waals surface area (Å²) in [6.45, 7) is 4.14. The fourth-order valence-electron chi connectivity index (χ4n) is 2.14. The van der Waals surface area contributed by atoms with E-state index in [0.717, 1.165) is 29.3 Å². The molecule has 1 aromatic carbocycles. The smallest absolute Gasteiger partial charge is 0.128 e. The molecule has 0 aliphatic carbocycles. The van der Waals surface area contributed by atoms with Gasteiger partial charge < -0.3 is 9.72 Å². The summed E-state index contributed by atoms with van der Waals surface area (Å²) in [5.41, 5.74) is 4.41. The number of rotatable bonds is 4. The molecule has 0 amide bonds. The number of nitrogens with one attached hydrogen (secondary N) is 1. The topological polar surface area (TPSA) is 37.9 Å². The maximum atomic E-state index is 5.72. The number of aryl methyl sites for hydroxylation is 3. The Morgan fingerprint density at radius 1 is 1.33 bits per heavy atom. The predicted molar refractivity (Wildman–Crippen MR) is 74.5 cm³/mol. The first kappa shape index (κ1) is 13.0. The number of methoxy groups -OCH3 is 1. The highest BCUT2D eigenvalue weighted by molar-refractivity contribution is 6.17. The van der Waals surface area contributed by atoms with Crippen LogP contribution in [0, 0.1) is 13.8 Å². The zero-order valence-corrected chi connectivity index (χ0v) is 11.6. The van der Waals surface area contributed by atoms with Crippen molar-refractivity contribution in [3.05, 3.63) is 35.3 Å². The molecule has 0 unspecified atom stereocenters. The van der Waals surface area contributed by atoms with Crippen molar-refractivity contribution in [2.45, 2.75) is 20.3 Å². The Balaban J connectivity index is 2.48. The van der Waals surface area contributed by atoms with E-state index in [2.05, 4.69) is 29.9 Å². The van der Waals surface area contributed by atoms with E-state index in [-0.39, 0.29) is 0 Å². The quantitative estimate of drug-likeness (QED) is 0.859. The monoisotopic (exact) mass is 264 g/mol. The lowest BCUT2D eigenvalue weighted by Gasteiger charge is -2.11. The summed E-state index contributed by atoms with van der Waals surface area (Å²) in [7, 11) is 1.69. The number of imidazole rings is 1. The molecule has 3 nitrogen and oxygen atoms in total. The molecule has 0 saturated carbocycles.